The third-order valence-electron chi connectivity index (χ3n) is 5.35. The van der Waals surface area contributed by atoms with Gasteiger partial charge in [-0.05, 0) is 59.7 Å². The molecule has 0 spiro atoms. The van der Waals surface area contributed by atoms with Crippen LogP contribution in [0.15, 0.2) is 75.0 Å². The number of carboxylic acids is 1. The molecular weight excluding hydrogens is 546 g/mol. The third-order valence-corrected chi connectivity index (χ3v) is 6.14. The summed E-state index contributed by atoms with van der Waals surface area (Å²) in [6, 6.07) is 17.0. The summed E-state index contributed by atoms with van der Waals surface area (Å²) in [6.45, 7) is 6.16. The monoisotopic (exact) mass is 567 g/mol. The number of aromatic nitrogens is 2. The van der Waals surface area contributed by atoms with Crippen molar-refractivity contribution in [3.8, 4) is 5.75 Å². The van der Waals surface area contributed by atoms with E-state index in [4.69, 9.17) is 26.4 Å². The van der Waals surface area contributed by atoms with E-state index in [2.05, 4.69) is 21.0 Å². The topological polar surface area (TPSA) is 93.8 Å². The molecule has 0 aliphatic rings. The molecule has 1 heterocycles. The van der Waals surface area contributed by atoms with Crippen LogP contribution in [0.1, 0.15) is 48.1 Å². The quantitative estimate of drug-likeness (QED) is 0.277. The predicted octanol–water partition coefficient (Wildman–Crippen LogP) is 6.27. The van der Waals surface area contributed by atoms with Gasteiger partial charge in [-0.1, -0.05) is 60.4 Å². The molecule has 0 saturated carbocycles. The summed E-state index contributed by atoms with van der Waals surface area (Å²) in [6.07, 6.45) is 1.56. The van der Waals surface area contributed by atoms with Gasteiger partial charge >= 0.3 is 5.97 Å². The van der Waals surface area contributed by atoms with Crippen LogP contribution in [0.4, 0.5) is 0 Å². The molecule has 36 heavy (non-hydrogen) atoms. The molecule has 0 amide bonds. The van der Waals surface area contributed by atoms with Crippen LogP contribution in [0.3, 0.4) is 0 Å². The molecule has 184 valence electrons. The summed E-state index contributed by atoms with van der Waals surface area (Å²) in [5, 5.41) is 14.3. The van der Waals surface area contributed by atoms with E-state index in [0.717, 1.165) is 10.0 Å². The van der Waals surface area contributed by atoms with Gasteiger partial charge in [-0.2, -0.15) is 9.78 Å². The molecule has 4 rings (SSSR count). The number of ether oxygens (including phenoxy) is 1. The summed E-state index contributed by atoms with van der Waals surface area (Å²) in [5.41, 5.74) is 1.63. The van der Waals surface area contributed by atoms with Crippen molar-refractivity contribution < 1.29 is 14.6 Å². The SMILES string of the molecule is CC(C)(C)c1nc2ccc(Br)cc2c(=O)n1N=Cc1ccc(OCc2ccc(C(=O)O)cc2)c(Cl)c1. The smallest absolute Gasteiger partial charge is 0.335 e. The zero-order valence-electron chi connectivity index (χ0n) is 19.8. The second-order valence-corrected chi connectivity index (χ2v) is 10.5. The van der Waals surface area contributed by atoms with Crippen molar-refractivity contribution in [2.24, 2.45) is 5.10 Å². The van der Waals surface area contributed by atoms with Crippen molar-refractivity contribution in [2.75, 3.05) is 0 Å². The summed E-state index contributed by atoms with van der Waals surface area (Å²) in [7, 11) is 0. The molecule has 0 aliphatic heterocycles. The van der Waals surface area contributed by atoms with Gasteiger partial charge in [-0.3, -0.25) is 4.79 Å². The van der Waals surface area contributed by atoms with E-state index in [-0.39, 0.29) is 17.7 Å². The van der Waals surface area contributed by atoms with Gasteiger partial charge in [-0.25, -0.2) is 9.78 Å². The van der Waals surface area contributed by atoms with Gasteiger partial charge in [0.05, 0.1) is 27.7 Å². The van der Waals surface area contributed by atoms with E-state index in [0.29, 0.717) is 33.1 Å². The Morgan fingerprint density at radius 3 is 2.50 bits per heavy atom. The molecular formula is C27H23BrClN3O4. The van der Waals surface area contributed by atoms with Crippen molar-refractivity contribution in [2.45, 2.75) is 32.8 Å². The maximum atomic E-state index is 13.3. The second kappa shape index (κ2) is 10.2. The van der Waals surface area contributed by atoms with Crippen LogP contribution in [0.5, 0.6) is 5.75 Å². The van der Waals surface area contributed by atoms with Crippen LogP contribution in [-0.4, -0.2) is 27.0 Å². The lowest BCUT2D eigenvalue weighted by Gasteiger charge is -2.20. The first-order valence-corrected chi connectivity index (χ1v) is 12.2. The Labute approximate surface area is 221 Å². The van der Waals surface area contributed by atoms with Crippen molar-refractivity contribution >= 4 is 50.6 Å². The number of halogens is 2. The van der Waals surface area contributed by atoms with Gasteiger partial charge in [-0.15, -0.1) is 0 Å². The Hall–Kier alpha value is -3.49. The number of benzene rings is 3. The summed E-state index contributed by atoms with van der Waals surface area (Å²) in [5.74, 6) is 0.0337. The highest BCUT2D eigenvalue weighted by molar-refractivity contribution is 9.10. The Kier molecular flexibility index (Phi) is 7.28. The summed E-state index contributed by atoms with van der Waals surface area (Å²) >= 11 is 9.84. The molecule has 1 N–H and O–H groups in total. The zero-order valence-corrected chi connectivity index (χ0v) is 22.2. The van der Waals surface area contributed by atoms with Crippen LogP contribution in [-0.2, 0) is 12.0 Å². The first-order valence-electron chi connectivity index (χ1n) is 11.0. The Bertz CT molecular complexity index is 1540. The maximum Gasteiger partial charge on any atom is 0.335 e. The Morgan fingerprint density at radius 1 is 1.14 bits per heavy atom. The van der Waals surface area contributed by atoms with E-state index in [1.54, 1.807) is 42.6 Å². The second-order valence-electron chi connectivity index (χ2n) is 9.19. The van der Waals surface area contributed by atoms with Gasteiger partial charge in [0, 0.05) is 9.89 Å². The van der Waals surface area contributed by atoms with Crippen molar-refractivity contribution in [3.05, 3.63) is 103 Å². The highest BCUT2D eigenvalue weighted by Crippen LogP contribution is 2.26. The fourth-order valence-corrected chi connectivity index (χ4v) is 4.09. The lowest BCUT2D eigenvalue weighted by molar-refractivity contribution is 0.0697. The van der Waals surface area contributed by atoms with Crippen LogP contribution < -0.4 is 10.3 Å². The molecule has 0 saturated heterocycles. The molecule has 1 aromatic heterocycles. The molecule has 0 bridgehead atoms. The molecule has 7 nitrogen and oxygen atoms in total. The minimum absolute atomic E-state index is 0.211. The Balaban J connectivity index is 1.59. The summed E-state index contributed by atoms with van der Waals surface area (Å²) < 4.78 is 7.90. The highest BCUT2D eigenvalue weighted by Gasteiger charge is 2.23. The average Bonchev–Trinajstić information content (AvgIpc) is 2.82. The third kappa shape index (κ3) is 5.66. The number of hydrogen-bond acceptors (Lipinski definition) is 5. The lowest BCUT2D eigenvalue weighted by Crippen LogP contribution is -2.29. The van der Waals surface area contributed by atoms with Gasteiger partial charge in [0.25, 0.3) is 5.56 Å². The molecule has 9 heteroatoms. The number of nitrogens with zero attached hydrogens (tertiary/aromatic N) is 3. The van der Waals surface area contributed by atoms with Gasteiger partial charge < -0.3 is 9.84 Å². The Morgan fingerprint density at radius 2 is 1.86 bits per heavy atom. The van der Waals surface area contributed by atoms with E-state index in [1.165, 1.54) is 16.8 Å². The molecule has 4 aromatic rings. The van der Waals surface area contributed by atoms with E-state index in [9.17, 15) is 9.59 Å². The largest absolute Gasteiger partial charge is 0.487 e. The molecule has 3 aromatic carbocycles. The molecule has 0 fully saturated rings. The first kappa shape index (κ1) is 25.6. The zero-order chi connectivity index (χ0) is 26.0. The van der Waals surface area contributed by atoms with E-state index >= 15 is 0 Å². The van der Waals surface area contributed by atoms with Crippen molar-refractivity contribution in [1.82, 2.24) is 9.66 Å². The minimum atomic E-state index is -0.980. The number of aromatic carboxylic acids is 1. The van der Waals surface area contributed by atoms with Crippen LogP contribution in [0.2, 0.25) is 5.02 Å². The standard InChI is InChI=1S/C27H23BrClN3O4/c1-27(2,3)26-31-22-10-9-19(28)13-20(22)24(33)32(26)30-14-17-6-11-23(21(29)12-17)36-15-16-4-7-18(8-5-16)25(34)35/h4-14H,15H2,1-3H3,(H,34,35). The number of carbonyl (C=O) groups is 1. The number of fused-ring (bicyclic) bond motifs is 1. The fraction of sp³-hybridized carbons (Fsp3) is 0.185. The van der Waals surface area contributed by atoms with Gasteiger partial charge in [0.15, 0.2) is 0 Å². The number of hydrogen-bond donors (Lipinski definition) is 1. The molecule has 0 radical (unpaired) electrons. The molecule has 0 aliphatic carbocycles. The summed E-state index contributed by atoms with van der Waals surface area (Å²) in [4.78, 5) is 29.0. The van der Waals surface area contributed by atoms with E-state index < -0.39 is 11.4 Å². The predicted molar refractivity (Wildman–Crippen MR) is 145 cm³/mol. The van der Waals surface area contributed by atoms with Crippen molar-refractivity contribution in [3.63, 3.8) is 0 Å². The highest BCUT2D eigenvalue weighted by atomic mass is 79.9. The lowest BCUT2D eigenvalue weighted by atomic mass is 9.95. The number of carboxylic acid groups (broad SMARTS) is 1. The van der Waals surface area contributed by atoms with Gasteiger partial charge in [0.2, 0.25) is 0 Å². The van der Waals surface area contributed by atoms with Crippen LogP contribution in [0, 0.1) is 0 Å². The van der Waals surface area contributed by atoms with Gasteiger partial charge in [0.1, 0.15) is 18.2 Å². The maximum absolute atomic E-state index is 13.3. The average molecular weight is 569 g/mol. The fourth-order valence-electron chi connectivity index (χ4n) is 3.48. The van der Waals surface area contributed by atoms with Crippen LogP contribution in [0.25, 0.3) is 10.9 Å². The normalized spacial score (nSPS) is 11.8. The number of rotatable bonds is 6. The van der Waals surface area contributed by atoms with Crippen LogP contribution >= 0.6 is 27.5 Å². The minimum Gasteiger partial charge on any atom is -0.487 e. The molecule has 0 atom stereocenters. The van der Waals surface area contributed by atoms with Crippen molar-refractivity contribution in [1.29, 1.82) is 0 Å². The van der Waals surface area contributed by atoms with E-state index in [1.807, 2.05) is 32.9 Å². The first-order chi connectivity index (χ1) is 17.0. The molecule has 0 unspecified atom stereocenters.